The van der Waals surface area contributed by atoms with Gasteiger partial charge in [0, 0.05) is 11.4 Å². The number of carbonyl (C=O) groups is 2. The van der Waals surface area contributed by atoms with Gasteiger partial charge in [-0.2, -0.15) is 0 Å². The van der Waals surface area contributed by atoms with Crippen molar-refractivity contribution in [1.29, 1.82) is 0 Å². The molecule has 6 heteroatoms. The quantitative estimate of drug-likeness (QED) is 0.437. The van der Waals surface area contributed by atoms with Crippen molar-refractivity contribution in [3.05, 3.63) is 83.9 Å². The fourth-order valence-corrected chi connectivity index (χ4v) is 3.10. The number of amides is 2. The Bertz CT molecular complexity index is 1060. The summed E-state index contributed by atoms with van der Waals surface area (Å²) in [5.41, 5.74) is 3.59. The van der Waals surface area contributed by atoms with Crippen LogP contribution in [-0.2, 0) is 10.6 Å². The van der Waals surface area contributed by atoms with Crippen molar-refractivity contribution < 1.29 is 14.3 Å². The van der Waals surface area contributed by atoms with E-state index in [2.05, 4.69) is 10.6 Å². The molecule has 0 heterocycles. The third kappa shape index (κ3) is 6.33. The molecule has 3 aromatic carbocycles. The zero-order valence-electron chi connectivity index (χ0n) is 17.7. The molecule has 0 aromatic heterocycles. The van der Waals surface area contributed by atoms with Gasteiger partial charge in [0.1, 0.15) is 5.60 Å². The standard InChI is InChI=1S/C25H25ClN2O3/c1-25(2,3)31-24(30)28-21-14-13-20(18-7-5-4-6-8-18)15-22(21)27-23(29)19-11-9-17(16-26)10-12-19/h4-15H,16H2,1-3H3,(H,27,29)(H,28,30). The summed E-state index contributed by atoms with van der Waals surface area (Å²) in [6, 6.07) is 22.3. The van der Waals surface area contributed by atoms with Gasteiger partial charge in [0.2, 0.25) is 0 Å². The summed E-state index contributed by atoms with van der Waals surface area (Å²) < 4.78 is 5.35. The Morgan fingerprint density at radius 3 is 2.13 bits per heavy atom. The van der Waals surface area contributed by atoms with Gasteiger partial charge in [-0.05, 0) is 61.7 Å². The van der Waals surface area contributed by atoms with Gasteiger partial charge in [-0.25, -0.2) is 4.79 Å². The van der Waals surface area contributed by atoms with Crippen LogP contribution in [0.15, 0.2) is 72.8 Å². The van der Waals surface area contributed by atoms with Crippen LogP contribution in [-0.4, -0.2) is 17.6 Å². The molecule has 160 valence electrons. The molecule has 0 radical (unpaired) electrons. The molecule has 31 heavy (non-hydrogen) atoms. The average Bonchev–Trinajstić information content (AvgIpc) is 2.74. The molecule has 2 N–H and O–H groups in total. The summed E-state index contributed by atoms with van der Waals surface area (Å²) in [5, 5.41) is 5.63. The first-order chi connectivity index (χ1) is 14.7. The first-order valence-electron chi connectivity index (χ1n) is 9.91. The lowest BCUT2D eigenvalue weighted by Crippen LogP contribution is -2.27. The van der Waals surface area contributed by atoms with Crippen LogP contribution in [0, 0.1) is 0 Å². The lowest BCUT2D eigenvalue weighted by Gasteiger charge is -2.21. The first-order valence-corrected chi connectivity index (χ1v) is 10.4. The van der Waals surface area contributed by atoms with Gasteiger partial charge in [0.05, 0.1) is 11.4 Å². The molecule has 0 unspecified atom stereocenters. The van der Waals surface area contributed by atoms with E-state index in [-0.39, 0.29) is 5.91 Å². The maximum absolute atomic E-state index is 12.8. The number of hydrogen-bond donors (Lipinski definition) is 2. The van der Waals surface area contributed by atoms with Gasteiger partial charge in [-0.15, -0.1) is 11.6 Å². The van der Waals surface area contributed by atoms with Gasteiger partial charge in [-0.3, -0.25) is 10.1 Å². The summed E-state index contributed by atoms with van der Waals surface area (Å²) in [6.45, 7) is 5.37. The number of anilines is 2. The molecule has 0 aliphatic carbocycles. The minimum atomic E-state index is -0.637. The van der Waals surface area contributed by atoms with Crippen molar-refractivity contribution in [2.75, 3.05) is 10.6 Å². The average molecular weight is 437 g/mol. The zero-order chi connectivity index (χ0) is 22.4. The Morgan fingerprint density at radius 2 is 1.52 bits per heavy atom. The minimum absolute atomic E-state index is 0.293. The molecule has 0 bridgehead atoms. The monoisotopic (exact) mass is 436 g/mol. The third-order valence-electron chi connectivity index (χ3n) is 4.38. The SMILES string of the molecule is CC(C)(C)OC(=O)Nc1ccc(-c2ccccc2)cc1NC(=O)c1ccc(CCl)cc1. The Labute approximate surface area is 187 Å². The fraction of sp³-hybridized carbons (Fsp3) is 0.200. The summed E-state index contributed by atoms with van der Waals surface area (Å²) in [6.07, 6.45) is -0.595. The van der Waals surface area contributed by atoms with Crippen LogP contribution in [0.5, 0.6) is 0 Å². The number of benzene rings is 3. The summed E-state index contributed by atoms with van der Waals surface area (Å²) >= 11 is 5.83. The highest BCUT2D eigenvalue weighted by molar-refractivity contribution is 6.17. The van der Waals surface area contributed by atoms with Crippen LogP contribution < -0.4 is 10.6 Å². The summed E-state index contributed by atoms with van der Waals surface area (Å²) in [7, 11) is 0. The molecule has 0 aliphatic heterocycles. The van der Waals surface area contributed by atoms with E-state index in [9.17, 15) is 9.59 Å². The fourth-order valence-electron chi connectivity index (χ4n) is 2.92. The van der Waals surface area contributed by atoms with E-state index in [0.717, 1.165) is 16.7 Å². The minimum Gasteiger partial charge on any atom is -0.444 e. The lowest BCUT2D eigenvalue weighted by atomic mass is 10.0. The second-order valence-electron chi connectivity index (χ2n) is 8.04. The highest BCUT2D eigenvalue weighted by Gasteiger charge is 2.18. The molecule has 0 saturated heterocycles. The molecule has 0 saturated carbocycles. The number of nitrogens with one attached hydrogen (secondary N) is 2. The lowest BCUT2D eigenvalue weighted by molar-refractivity contribution is 0.0635. The Balaban J connectivity index is 1.91. The Hall–Kier alpha value is -3.31. The zero-order valence-corrected chi connectivity index (χ0v) is 18.5. The number of carbonyl (C=O) groups excluding carboxylic acids is 2. The van der Waals surface area contributed by atoms with Gasteiger partial charge >= 0.3 is 6.09 Å². The van der Waals surface area contributed by atoms with Gasteiger partial charge in [0.15, 0.2) is 0 Å². The van der Waals surface area contributed by atoms with Crippen molar-refractivity contribution in [1.82, 2.24) is 0 Å². The predicted octanol–water partition coefficient (Wildman–Crippen LogP) is 6.69. The third-order valence-corrected chi connectivity index (χ3v) is 4.69. The van der Waals surface area contributed by atoms with E-state index in [1.807, 2.05) is 54.6 Å². The predicted molar refractivity (Wildman–Crippen MR) is 126 cm³/mol. The van der Waals surface area contributed by atoms with Gasteiger partial charge in [-0.1, -0.05) is 48.5 Å². The van der Waals surface area contributed by atoms with Gasteiger partial charge in [0.25, 0.3) is 5.91 Å². The Morgan fingerprint density at radius 1 is 0.839 bits per heavy atom. The van der Waals surface area contributed by atoms with Crippen molar-refractivity contribution >= 4 is 35.0 Å². The number of ether oxygens (including phenoxy) is 1. The molecule has 3 aromatic rings. The molecule has 0 atom stereocenters. The highest BCUT2D eigenvalue weighted by Crippen LogP contribution is 2.30. The van der Waals surface area contributed by atoms with E-state index in [1.54, 1.807) is 39.0 Å². The normalized spacial score (nSPS) is 11.0. The van der Waals surface area contributed by atoms with Crippen LogP contribution >= 0.6 is 11.6 Å². The van der Waals surface area contributed by atoms with Crippen LogP contribution in [0.25, 0.3) is 11.1 Å². The molecular formula is C25H25ClN2O3. The topological polar surface area (TPSA) is 67.4 Å². The van der Waals surface area contributed by atoms with Gasteiger partial charge < -0.3 is 10.1 Å². The number of alkyl halides is 1. The second-order valence-corrected chi connectivity index (χ2v) is 8.31. The first kappa shape index (κ1) is 22.4. The van der Waals surface area contributed by atoms with Crippen LogP contribution in [0.4, 0.5) is 16.2 Å². The van der Waals surface area contributed by atoms with Crippen molar-refractivity contribution in [2.45, 2.75) is 32.3 Å². The van der Waals surface area contributed by atoms with Crippen molar-refractivity contribution in [2.24, 2.45) is 0 Å². The van der Waals surface area contributed by atoms with E-state index >= 15 is 0 Å². The smallest absolute Gasteiger partial charge is 0.412 e. The molecule has 5 nitrogen and oxygen atoms in total. The van der Waals surface area contributed by atoms with E-state index in [0.29, 0.717) is 22.8 Å². The Kier molecular flexibility index (Phi) is 6.98. The van der Waals surface area contributed by atoms with E-state index in [4.69, 9.17) is 16.3 Å². The summed E-state index contributed by atoms with van der Waals surface area (Å²) in [4.78, 5) is 25.1. The molecule has 0 spiro atoms. The largest absolute Gasteiger partial charge is 0.444 e. The van der Waals surface area contributed by atoms with Crippen molar-refractivity contribution in [3.8, 4) is 11.1 Å². The number of hydrogen-bond acceptors (Lipinski definition) is 3. The van der Waals surface area contributed by atoms with Crippen LogP contribution in [0.2, 0.25) is 0 Å². The summed E-state index contributed by atoms with van der Waals surface area (Å²) in [5.74, 6) is 0.0869. The van der Waals surface area contributed by atoms with Crippen molar-refractivity contribution in [3.63, 3.8) is 0 Å². The molecule has 3 rings (SSSR count). The molecule has 2 amide bonds. The van der Waals surface area contributed by atoms with Crippen LogP contribution in [0.1, 0.15) is 36.7 Å². The van der Waals surface area contributed by atoms with E-state index < -0.39 is 11.7 Å². The molecule has 0 fully saturated rings. The maximum Gasteiger partial charge on any atom is 0.412 e. The highest BCUT2D eigenvalue weighted by atomic mass is 35.5. The van der Waals surface area contributed by atoms with E-state index in [1.165, 1.54) is 0 Å². The second kappa shape index (κ2) is 9.67. The number of rotatable bonds is 5. The maximum atomic E-state index is 12.8. The number of halogens is 1. The van der Waals surface area contributed by atoms with Crippen LogP contribution in [0.3, 0.4) is 0 Å². The molecular weight excluding hydrogens is 412 g/mol. The molecule has 0 aliphatic rings.